The van der Waals surface area contributed by atoms with E-state index in [4.69, 9.17) is 28.9 Å². The molecule has 0 saturated carbocycles. The Morgan fingerprint density at radius 1 is 1.29 bits per heavy atom. The van der Waals surface area contributed by atoms with Crippen LogP contribution in [0.25, 0.3) is 0 Å². The summed E-state index contributed by atoms with van der Waals surface area (Å²) >= 11 is 11.9. The molecule has 0 unspecified atom stereocenters. The Bertz CT molecular complexity index is 508. The van der Waals surface area contributed by atoms with Crippen LogP contribution >= 0.6 is 23.2 Å². The first kappa shape index (κ1) is 12.4. The van der Waals surface area contributed by atoms with Crippen LogP contribution in [0.15, 0.2) is 24.4 Å². The van der Waals surface area contributed by atoms with Gasteiger partial charge >= 0.3 is 0 Å². The molecule has 2 rings (SSSR count). The van der Waals surface area contributed by atoms with Gasteiger partial charge in [-0.15, -0.1) is 0 Å². The summed E-state index contributed by atoms with van der Waals surface area (Å²) in [5.41, 5.74) is 7.53. The van der Waals surface area contributed by atoms with Crippen LogP contribution in [-0.2, 0) is 12.8 Å². The van der Waals surface area contributed by atoms with Crippen molar-refractivity contribution in [2.75, 3.05) is 6.54 Å². The Morgan fingerprint density at radius 3 is 2.82 bits per heavy atom. The third kappa shape index (κ3) is 3.22. The number of aromatic nitrogens is 2. The van der Waals surface area contributed by atoms with Crippen molar-refractivity contribution in [2.24, 2.45) is 5.73 Å². The van der Waals surface area contributed by atoms with Crippen molar-refractivity contribution in [3.8, 4) is 0 Å². The molecule has 0 fully saturated rings. The molecule has 1 heterocycles. The second-order valence-corrected chi connectivity index (χ2v) is 4.65. The highest BCUT2D eigenvalue weighted by Crippen LogP contribution is 2.22. The lowest BCUT2D eigenvalue weighted by atomic mass is 10.1. The van der Waals surface area contributed by atoms with Gasteiger partial charge in [-0.1, -0.05) is 29.3 Å². The molecule has 0 aliphatic heterocycles. The van der Waals surface area contributed by atoms with Crippen LogP contribution in [0, 0.1) is 0 Å². The number of nitrogens with zero attached hydrogens (tertiary/aromatic N) is 1. The highest BCUT2D eigenvalue weighted by Gasteiger charge is 2.05. The lowest BCUT2D eigenvalue weighted by Gasteiger charge is -2.02. The number of imidazole rings is 1. The fraction of sp³-hybridized carbons (Fsp3) is 0.250. The maximum Gasteiger partial charge on any atom is 0.110 e. The molecule has 1 aromatic carbocycles. The van der Waals surface area contributed by atoms with Crippen molar-refractivity contribution in [2.45, 2.75) is 12.8 Å². The van der Waals surface area contributed by atoms with Crippen molar-refractivity contribution in [3.63, 3.8) is 0 Å². The molecule has 3 N–H and O–H groups in total. The lowest BCUT2D eigenvalue weighted by molar-refractivity contribution is 0.919. The van der Waals surface area contributed by atoms with Crippen LogP contribution in [-0.4, -0.2) is 16.5 Å². The van der Waals surface area contributed by atoms with Crippen molar-refractivity contribution in [1.82, 2.24) is 9.97 Å². The quantitative estimate of drug-likeness (QED) is 0.897. The normalized spacial score (nSPS) is 10.8. The van der Waals surface area contributed by atoms with Crippen LogP contribution in [0.5, 0.6) is 0 Å². The maximum absolute atomic E-state index is 6.10. The van der Waals surface area contributed by atoms with Gasteiger partial charge in [0.15, 0.2) is 0 Å². The topological polar surface area (TPSA) is 54.7 Å². The molecule has 0 saturated heterocycles. The monoisotopic (exact) mass is 269 g/mol. The van der Waals surface area contributed by atoms with Crippen LogP contribution < -0.4 is 5.73 Å². The van der Waals surface area contributed by atoms with Gasteiger partial charge in [0.1, 0.15) is 5.82 Å². The number of hydrogen-bond acceptors (Lipinski definition) is 2. The molecule has 0 aliphatic carbocycles. The Balaban J connectivity index is 2.13. The van der Waals surface area contributed by atoms with E-state index in [1.807, 2.05) is 18.3 Å². The highest BCUT2D eigenvalue weighted by atomic mass is 35.5. The zero-order valence-corrected chi connectivity index (χ0v) is 10.7. The number of nitrogens with two attached hydrogens (primary N) is 1. The first-order valence-electron chi connectivity index (χ1n) is 5.36. The molecule has 0 bridgehead atoms. The largest absolute Gasteiger partial charge is 0.346 e. The van der Waals surface area contributed by atoms with Gasteiger partial charge in [-0.25, -0.2) is 4.98 Å². The average Bonchev–Trinajstić information content (AvgIpc) is 2.71. The van der Waals surface area contributed by atoms with Gasteiger partial charge in [0.25, 0.3) is 0 Å². The van der Waals surface area contributed by atoms with E-state index in [9.17, 15) is 0 Å². The second kappa shape index (κ2) is 5.54. The number of nitrogens with one attached hydrogen (secondary N) is 1. The summed E-state index contributed by atoms with van der Waals surface area (Å²) < 4.78 is 0. The number of hydrogen-bond donors (Lipinski definition) is 2. The van der Waals surface area contributed by atoms with E-state index in [0.717, 1.165) is 23.5 Å². The lowest BCUT2D eigenvalue weighted by Crippen LogP contribution is -2.02. The molecule has 2 aromatic rings. The zero-order valence-electron chi connectivity index (χ0n) is 9.21. The first-order valence-corrected chi connectivity index (χ1v) is 6.11. The standard InChI is InChI=1S/C12H13Cl2N3/c13-9-2-1-8(11(14)6-9)5-12-16-7-10(17-12)3-4-15/h1-2,6-7H,3-5,15H2,(H,16,17). The van der Waals surface area contributed by atoms with Gasteiger partial charge in [0.05, 0.1) is 0 Å². The molecule has 0 radical (unpaired) electrons. The number of benzene rings is 1. The highest BCUT2D eigenvalue weighted by molar-refractivity contribution is 6.35. The van der Waals surface area contributed by atoms with Gasteiger partial charge in [-0.2, -0.15) is 0 Å². The average molecular weight is 270 g/mol. The van der Waals surface area contributed by atoms with Gasteiger partial charge in [-0.3, -0.25) is 0 Å². The number of rotatable bonds is 4. The van der Waals surface area contributed by atoms with Crippen LogP contribution in [0.3, 0.4) is 0 Å². The predicted octanol–water partition coefficient (Wildman–Crippen LogP) is 2.81. The van der Waals surface area contributed by atoms with E-state index in [1.165, 1.54) is 0 Å². The minimum Gasteiger partial charge on any atom is -0.346 e. The second-order valence-electron chi connectivity index (χ2n) is 3.81. The summed E-state index contributed by atoms with van der Waals surface area (Å²) in [6, 6.07) is 5.48. The summed E-state index contributed by atoms with van der Waals surface area (Å²) in [5, 5.41) is 1.30. The van der Waals surface area contributed by atoms with E-state index in [2.05, 4.69) is 9.97 Å². The SMILES string of the molecule is NCCc1cnc(Cc2ccc(Cl)cc2Cl)[nH]1. The van der Waals surface area contributed by atoms with E-state index >= 15 is 0 Å². The molecule has 90 valence electrons. The fourth-order valence-electron chi connectivity index (χ4n) is 1.62. The molecule has 0 atom stereocenters. The van der Waals surface area contributed by atoms with Crippen LogP contribution in [0.1, 0.15) is 17.1 Å². The Labute approximate surface area is 110 Å². The Kier molecular flexibility index (Phi) is 4.05. The maximum atomic E-state index is 6.10. The third-order valence-electron chi connectivity index (χ3n) is 2.47. The van der Waals surface area contributed by atoms with E-state index < -0.39 is 0 Å². The molecular formula is C12H13Cl2N3. The molecular weight excluding hydrogens is 257 g/mol. The van der Waals surface area contributed by atoms with Gasteiger partial charge in [0.2, 0.25) is 0 Å². The van der Waals surface area contributed by atoms with Gasteiger partial charge < -0.3 is 10.7 Å². The van der Waals surface area contributed by atoms with E-state index in [1.54, 1.807) is 6.07 Å². The van der Waals surface area contributed by atoms with E-state index in [-0.39, 0.29) is 0 Å². The Morgan fingerprint density at radius 2 is 2.12 bits per heavy atom. The molecule has 1 aromatic heterocycles. The van der Waals surface area contributed by atoms with E-state index in [0.29, 0.717) is 23.0 Å². The Hall–Kier alpha value is -1.03. The summed E-state index contributed by atoms with van der Waals surface area (Å²) in [6.07, 6.45) is 3.29. The molecule has 17 heavy (non-hydrogen) atoms. The molecule has 0 amide bonds. The molecule has 3 nitrogen and oxygen atoms in total. The van der Waals surface area contributed by atoms with Gasteiger partial charge in [0, 0.05) is 34.8 Å². The number of aromatic amines is 1. The van der Waals surface area contributed by atoms with Crippen molar-refractivity contribution < 1.29 is 0 Å². The smallest absolute Gasteiger partial charge is 0.110 e. The van der Waals surface area contributed by atoms with Crippen molar-refractivity contribution >= 4 is 23.2 Å². The number of H-pyrrole nitrogens is 1. The minimum atomic E-state index is 0.614. The molecule has 0 aliphatic rings. The summed E-state index contributed by atoms with van der Waals surface area (Å²) in [5.74, 6) is 0.887. The fourth-order valence-corrected chi connectivity index (χ4v) is 2.10. The summed E-state index contributed by atoms with van der Waals surface area (Å²) in [7, 11) is 0. The van der Waals surface area contributed by atoms with Crippen molar-refractivity contribution in [3.05, 3.63) is 51.5 Å². The minimum absolute atomic E-state index is 0.614. The number of halogens is 2. The molecule has 0 spiro atoms. The van der Waals surface area contributed by atoms with Gasteiger partial charge in [-0.05, 0) is 24.2 Å². The molecule has 5 heteroatoms. The predicted molar refractivity (Wildman–Crippen MR) is 70.6 cm³/mol. The zero-order chi connectivity index (χ0) is 12.3. The van der Waals surface area contributed by atoms with Crippen molar-refractivity contribution in [1.29, 1.82) is 0 Å². The summed E-state index contributed by atoms with van der Waals surface area (Å²) in [4.78, 5) is 7.51. The summed E-state index contributed by atoms with van der Waals surface area (Å²) in [6.45, 7) is 0.614. The first-order chi connectivity index (χ1) is 8.19. The third-order valence-corrected chi connectivity index (χ3v) is 3.05. The van der Waals surface area contributed by atoms with Crippen LogP contribution in [0.4, 0.5) is 0 Å². The van der Waals surface area contributed by atoms with Crippen LogP contribution in [0.2, 0.25) is 10.0 Å².